The van der Waals surface area contributed by atoms with Gasteiger partial charge in [0.15, 0.2) is 11.5 Å². The highest BCUT2D eigenvalue weighted by molar-refractivity contribution is 5.80. The molecule has 0 aromatic heterocycles. The van der Waals surface area contributed by atoms with Gasteiger partial charge in [0.1, 0.15) is 0 Å². The first-order valence-electron chi connectivity index (χ1n) is 5.76. The zero-order valence-electron chi connectivity index (χ0n) is 11.2. The number of methoxy groups -OCH3 is 1. The van der Waals surface area contributed by atoms with Gasteiger partial charge in [0.2, 0.25) is 5.91 Å². The number of benzene rings is 1. The first kappa shape index (κ1) is 14.3. The van der Waals surface area contributed by atoms with Crippen LogP contribution in [0.1, 0.15) is 12.5 Å². The molecule has 1 unspecified atom stereocenters. The minimum absolute atomic E-state index is 0.0285. The number of nitrogens with one attached hydrogen (secondary N) is 1. The van der Waals surface area contributed by atoms with Crippen molar-refractivity contribution in [2.45, 2.75) is 19.5 Å². The number of hydrogen-bond donors (Lipinski definition) is 2. The van der Waals surface area contributed by atoms with E-state index in [9.17, 15) is 9.90 Å². The topological polar surface area (TPSA) is 61.8 Å². The average molecular weight is 252 g/mol. The fourth-order valence-corrected chi connectivity index (χ4v) is 1.58. The molecule has 1 rings (SSSR count). The zero-order valence-corrected chi connectivity index (χ0v) is 11.2. The molecule has 5 nitrogen and oxygen atoms in total. The molecule has 1 aromatic carbocycles. The summed E-state index contributed by atoms with van der Waals surface area (Å²) in [5.74, 6) is 0.570. The van der Waals surface area contributed by atoms with Gasteiger partial charge in [-0.05, 0) is 24.6 Å². The molecule has 1 atom stereocenters. The number of nitrogens with zero attached hydrogens (tertiary/aromatic N) is 1. The molecule has 0 heterocycles. The molecule has 2 N–H and O–H groups in total. The Labute approximate surface area is 107 Å². The minimum Gasteiger partial charge on any atom is -0.504 e. The van der Waals surface area contributed by atoms with Crippen molar-refractivity contribution < 1.29 is 14.6 Å². The number of phenolic OH excluding ortho intramolecular Hbond substituents is 1. The third kappa shape index (κ3) is 3.63. The third-order valence-corrected chi connectivity index (χ3v) is 2.67. The number of aromatic hydroxyl groups is 1. The molecule has 0 fully saturated rings. The van der Waals surface area contributed by atoms with Crippen LogP contribution in [-0.4, -0.2) is 43.2 Å². The van der Waals surface area contributed by atoms with E-state index in [4.69, 9.17) is 4.74 Å². The highest BCUT2D eigenvalue weighted by atomic mass is 16.5. The minimum atomic E-state index is -0.250. The summed E-state index contributed by atoms with van der Waals surface area (Å²) in [7, 11) is 4.96. The van der Waals surface area contributed by atoms with E-state index in [1.807, 2.05) is 6.92 Å². The lowest BCUT2D eigenvalue weighted by molar-refractivity contribution is -0.130. The highest BCUT2D eigenvalue weighted by Gasteiger charge is 2.14. The van der Waals surface area contributed by atoms with Crippen molar-refractivity contribution in [1.82, 2.24) is 10.2 Å². The summed E-state index contributed by atoms with van der Waals surface area (Å²) in [5, 5.41) is 12.6. The molecule has 0 aliphatic carbocycles. The molecule has 0 saturated heterocycles. The second-order valence-corrected chi connectivity index (χ2v) is 4.34. The lowest BCUT2D eigenvalue weighted by atomic mass is 10.2. The van der Waals surface area contributed by atoms with E-state index >= 15 is 0 Å². The molecular formula is C13H20N2O3. The average Bonchev–Trinajstić information content (AvgIpc) is 2.36. The van der Waals surface area contributed by atoms with Crippen molar-refractivity contribution in [3.05, 3.63) is 23.8 Å². The number of carbonyl (C=O) groups is 1. The monoisotopic (exact) mass is 252 g/mol. The molecule has 1 aromatic rings. The van der Waals surface area contributed by atoms with Gasteiger partial charge in [-0.15, -0.1) is 0 Å². The molecule has 5 heteroatoms. The van der Waals surface area contributed by atoms with Gasteiger partial charge in [-0.2, -0.15) is 0 Å². The van der Waals surface area contributed by atoms with Crippen molar-refractivity contribution >= 4 is 5.91 Å². The Morgan fingerprint density at radius 3 is 2.72 bits per heavy atom. The summed E-state index contributed by atoms with van der Waals surface area (Å²) in [5.41, 5.74) is 0.947. The van der Waals surface area contributed by atoms with Crippen molar-refractivity contribution in [3.8, 4) is 11.5 Å². The highest BCUT2D eigenvalue weighted by Crippen LogP contribution is 2.26. The third-order valence-electron chi connectivity index (χ3n) is 2.67. The zero-order chi connectivity index (χ0) is 13.7. The summed E-state index contributed by atoms with van der Waals surface area (Å²) in [6, 6.07) is 4.86. The molecule has 0 saturated carbocycles. The smallest absolute Gasteiger partial charge is 0.238 e. The van der Waals surface area contributed by atoms with Gasteiger partial charge in [-0.3, -0.25) is 4.79 Å². The Morgan fingerprint density at radius 2 is 2.17 bits per heavy atom. The number of carbonyl (C=O) groups excluding carboxylic acids is 1. The normalized spacial score (nSPS) is 12.0. The van der Waals surface area contributed by atoms with Crippen molar-refractivity contribution in [3.63, 3.8) is 0 Å². The molecule has 0 aliphatic heterocycles. The summed E-state index contributed by atoms with van der Waals surface area (Å²) in [6.07, 6.45) is 0. The molecule has 0 radical (unpaired) electrons. The van der Waals surface area contributed by atoms with Crippen LogP contribution < -0.4 is 10.1 Å². The van der Waals surface area contributed by atoms with Crippen LogP contribution in [0.25, 0.3) is 0 Å². The number of amides is 1. The van der Waals surface area contributed by atoms with Gasteiger partial charge in [0.25, 0.3) is 0 Å². The number of phenols is 1. The lowest BCUT2D eigenvalue weighted by Crippen LogP contribution is -2.41. The standard InChI is InChI=1S/C13H20N2O3/c1-9(13(17)15(2)3)14-8-10-5-6-11(16)12(7-10)18-4/h5-7,9,14,16H,8H2,1-4H3. The first-order valence-corrected chi connectivity index (χ1v) is 5.76. The van der Waals surface area contributed by atoms with E-state index in [2.05, 4.69) is 5.32 Å². The maximum Gasteiger partial charge on any atom is 0.238 e. The van der Waals surface area contributed by atoms with E-state index in [0.29, 0.717) is 12.3 Å². The molecule has 18 heavy (non-hydrogen) atoms. The van der Waals surface area contributed by atoms with Crippen LogP contribution in [0.15, 0.2) is 18.2 Å². The van der Waals surface area contributed by atoms with E-state index in [1.165, 1.54) is 7.11 Å². The van der Waals surface area contributed by atoms with E-state index < -0.39 is 0 Å². The summed E-state index contributed by atoms with van der Waals surface area (Å²) >= 11 is 0. The number of hydrogen-bond acceptors (Lipinski definition) is 4. The fraction of sp³-hybridized carbons (Fsp3) is 0.462. The van der Waals surface area contributed by atoms with Gasteiger partial charge in [-0.25, -0.2) is 0 Å². The molecule has 100 valence electrons. The molecule has 1 amide bonds. The van der Waals surface area contributed by atoms with Crippen LogP contribution in [0.5, 0.6) is 11.5 Å². The van der Waals surface area contributed by atoms with Crippen LogP contribution in [0.2, 0.25) is 0 Å². The lowest BCUT2D eigenvalue weighted by Gasteiger charge is -2.18. The van der Waals surface area contributed by atoms with Crippen LogP contribution in [0.4, 0.5) is 0 Å². The van der Waals surface area contributed by atoms with Crippen molar-refractivity contribution in [1.29, 1.82) is 0 Å². The Kier molecular flexibility index (Phi) is 4.97. The number of likely N-dealkylation sites (N-methyl/N-ethyl adjacent to an activating group) is 1. The van der Waals surface area contributed by atoms with Gasteiger partial charge in [0.05, 0.1) is 13.2 Å². The second-order valence-electron chi connectivity index (χ2n) is 4.34. The summed E-state index contributed by atoms with van der Waals surface area (Å²) in [6.45, 7) is 2.36. The molecule has 0 bridgehead atoms. The van der Waals surface area contributed by atoms with Crippen molar-refractivity contribution in [2.75, 3.05) is 21.2 Å². The first-order chi connectivity index (χ1) is 8.45. The SMILES string of the molecule is COc1cc(CNC(C)C(=O)N(C)C)ccc1O. The second kappa shape index (κ2) is 6.26. The maximum atomic E-state index is 11.6. The summed E-state index contributed by atoms with van der Waals surface area (Å²) in [4.78, 5) is 13.2. The molecular weight excluding hydrogens is 232 g/mol. The van der Waals surface area contributed by atoms with Gasteiger partial charge in [0, 0.05) is 20.6 Å². The molecule has 0 spiro atoms. The van der Waals surface area contributed by atoms with E-state index in [1.54, 1.807) is 37.2 Å². The Hall–Kier alpha value is -1.75. The predicted molar refractivity (Wildman–Crippen MR) is 69.7 cm³/mol. The predicted octanol–water partition coefficient (Wildman–Crippen LogP) is 0.967. The largest absolute Gasteiger partial charge is 0.504 e. The summed E-state index contributed by atoms with van der Waals surface area (Å²) < 4.78 is 5.03. The van der Waals surface area contributed by atoms with E-state index in [0.717, 1.165) is 5.56 Å². The van der Waals surface area contributed by atoms with Crippen LogP contribution in [0, 0.1) is 0 Å². The number of rotatable bonds is 5. The Bertz CT molecular complexity index is 419. The van der Waals surface area contributed by atoms with E-state index in [-0.39, 0.29) is 17.7 Å². The van der Waals surface area contributed by atoms with Gasteiger partial charge < -0.3 is 20.1 Å². The van der Waals surface area contributed by atoms with Gasteiger partial charge in [-0.1, -0.05) is 6.07 Å². The van der Waals surface area contributed by atoms with Crippen LogP contribution in [0.3, 0.4) is 0 Å². The number of ether oxygens (including phenoxy) is 1. The van der Waals surface area contributed by atoms with Gasteiger partial charge >= 0.3 is 0 Å². The fourth-order valence-electron chi connectivity index (χ4n) is 1.58. The van der Waals surface area contributed by atoms with Crippen LogP contribution >= 0.6 is 0 Å². The van der Waals surface area contributed by atoms with Crippen molar-refractivity contribution in [2.24, 2.45) is 0 Å². The Balaban J connectivity index is 2.61. The quantitative estimate of drug-likeness (QED) is 0.819. The van der Waals surface area contributed by atoms with Crippen LogP contribution in [-0.2, 0) is 11.3 Å². The Morgan fingerprint density at radius 1 is 1.50 bits per heavy atom. The molecule has 0 aliphatic rings. The maximum absolute atomic E-state index is 11.6.